The molecule has 0 aliphatic heterocycles. The Balaban J connectivity index is 1.97. The summed E-state index contributed by atoms with van der Waals surface area (Å²) in [6.45, 7) is 2.15. The van der Waals surface area contributed by atoms with Crippen LogP contribution in [0, 0.1) is 0 Å². The van der Waals surface area contributed by atoms with Crippen LogP contribution in [0.3, 0.4) is 0 Å². The fraction of sp³-hybridized carbons (Fsp3) is 0.111. The van der Waals surface area contributed by atoms with Crippen molar-refractivity contribution < 1.29 is 14.1 Å². The van der Waals surface area contributed by atoms with Crippen molar-refractivity contribution in [1.82, 2.24) is 5.16 Å². The summed E-state index contributed by atoms with van der Waals surface area (Å²) in [4.78, 5) is 11.4. The monoisotopic (exact) mass is 293 g/mol. The molecule has 4 nitrogen and oxygen atoms in total. The van der Waals surface area contributed by atoms with Gasteiger partial charge in [-0.2, -0.15) is 0 Å². The molecule has 4 heteroatoms. The van der Waals surface area contributed by atoms with Gasteiger partial charge in [-0.15, -0.1) is 0 Å². The fourth-order valence-electron chi connectivity index (χ4n) is 2.22. The van der Waals surface area contributed by atoms with E-state index in [0.29, 0.717) is 6.61 Å². The molecule has 22 heavy (non-hydrogen) atoms. The van der Waals surface area contributed by atoms with Gasteiger partial charge in [0.25, 0.3) is 0 Å². The van der Waals surface area contributed by atoms with Crippen molar-refractivity contribution in [2.75, 3.05) is 6.61 Å². The van der Waals surface area contributed by atoms with Crippen LogP contribution in [-0.2, 0) is 9.53 Å². The van der Waals surface area contributed by atoms with Crippen molar-refractivity contribution in [1.29, 1.82) is 0 Å². The molecule has 0 atom stereocenters. The number of nitrogens with zero attached hydrogens (tertiary/aromatic N) is 1. The standard InChI is InChI=1S/C18H15NO3/c1-2-21-17(20)11-9-13-8-10-16-15(12-13)18(22-19-16)14-6-4-3-5-7-14/h3-12H,2H2,1H3/b11-9+. The van der Waals surface area contributed by atoms with Crippen molar-refractivity contribution in [2.24, 2.45) is 0 Å². The Hall–Kier alpha value is -2.88. The predicted octanol–water partition coefficient (Wildman–Crippen LogP) is 4.07. The average molecular weight is 293 g/mol. The lowest BCUT2D eigenvalue weighted by atomic mass is 10.1. The van der Waals surface area contributed by atoms with Gasteiger partial charge in [0, 0.05) is 11.6 Å². The SMILES string of the molecule is CCOC(=O)/C=C/c1ccc2noc(-c3ccccc3)c2c1. The first kappa shape index (κ1) is 14.1. The van der Waals surface area contributed by atoms with Crippen LogP contribution in [0.1, 0.15) is 12.5 Å². The topological polar surface area (TPSA) is 52.3 Å². The molecule has 3 aromatic rings. The largest absolute Gasteiger partial charge is 0.463 e. The van der Waals surface area contributed by atoms with Gasteiger partial charge in [-0.25, -0.2) is 4.79 Å². The van der Waals surface area contributed by atoms with E-state index < -0.39 is 0 Å². The average Bonchev–Trinajstić information content (AvgIpc) is 2.97. The highest BCUT2D eigenvalue weighted by Gasteiger charge is 2.10. The van der Waals surface area contributed by atoms with Crippen molar-refractivity contribution in [2.45, 2.75) is 6.92 Å². The number of carbonyl (C=O) groups excluding carboxylic acids is 1. The first-order chi connectivity index (χ1) is 10.8. The van der Waals surface area contributed by atoms with Crippen molar-refractivity contribution in [3.63, 3.8) is 0 Å². The summed E-state index contributed by atoms with van der Waals surface area (Å²) in [7, 11) is 0. The van der Waals surface area contributed by atoms with Gasteiger partial charge in [-0.05, 0) is 30.7 Å². The molecular weight excluding hydrogens is 278 g/mol. The second-order valence-electron chi connectivity index (χ2n) is 4.74. The smallest absolute Gasteiger partial charge is 0.330 e. The molecule has 0 aliphatic carbocycles. The Morgan fingerprint density at radius 3 is 2.82 bits per heavy atom. The van der Waals surface area contributed by atoms with Gasteiger partial charge < -0.3 is 9.26 Å². The molecule has 0 bridgehead atoms. The first-order valence-corrected chi connectivity index (χ1v) is 7.07. The van der Waals surface area contributed by atoms with E-state index in [9.17, 15) is 4.79 Å². The zero-order valence-corrected chi connectivity index (χ0v) is 12.2. The van der Waals surface area contributed by atoms with Crippen LogP contribution in [0.15, 0.2) is 59.1 Å². The second-order valence-corrected chi connectivity index (χ2v) is 4.74. The van der Waals surface area contributed by atoms with E-state index in [1.165, 1.54) is 6.08 Å². The first-order valence-electron chi connectivity index (χ1n) is 7.07. The number of benzene rings is 2. The number of aromatic nitrogens is 1. The van der Waals surface area contributed by atoms with Crippen LogP contribution in [0.2, 0.25) is 0 Å². The maximum Gasteiger partial charge on any atom is 0.330 e. The van der Waals surface area contributed by atoms with Crippen molar-refractivity contribution in [3.8, 4) is 11.3 Å². The number of hydrogen-bond donors (Lipinski definition) is 0. The van der Waals surface area contributed by atoms with Gasteiger partial charge in [-0.3, -0.25) is 0 Å². The molecule has 0 spiro atoms. The van der Waals surface area contributed by atoms with Gasteiger partial charge >= 0.3 is 5.97 Å². The minimum Gasteiger partial charge on any atom is -0.463 e. The highest BCUT2D eigenvalue weighted by Crippen LogP contribution is 2.29. The summed E-state index contributed by atoms with van der Waals surface area (Å²) in [5, 5.41) is 4.98. The van der Waals surface area contributed by atoms with Gasteiger partial charge in [0.05, 0.1) is 12.0 Å². The lowest BCUT2D eigenvalue weighted by molar-refractivity contribution is -0.137. The number of carbonyl (C=O) groups is 1. The Bertz CT molecular complexity index is 819. The van der Waals surface area contributed by atoms with E-state index in [1.54, 1.807) is 13.0 Å². The lowest BCUT2D eigenvalue weighted by Gasteiger charge is -1.98. The molecule has 1 aromatic heterocycles. The number of esters is 1. The summed E-state index contributed by atoms with van der Waals surface area (Å²) in [6.07, 6.45) is 3.14. The molecule has 1 heterocycles. The van der Waals surface area contributed by atoms with Crippen molar-refractivity contribution >= 4 is 22.9 Å². The molecule has 0 saturated heterocycles. The zero-order chi connectivity index (χ0) is 15.4. The molecule has 0 N–H and O–H groups in total. The number of rotatable bonds is 4. The third-order valence-electron chi connectivity index (χ3n) is 3.23. The summed E-state index contributed by atoms with van der Waals surface area (Å²) >= 11 is 0. The van der Waals surface area contributed by atoms with Crippen molar-refractivity contribution in [3.05, 3.63) is 60.2 Å². The Morgan fingerprint density at radius 2 is 2.05 bits per heavy atom. The highest BCUT2D eigenvalue weighted by molar-refractivity contribution is 5.94. The van der Waals surface area contributed by atoms with Crippen LogP contribution in [0.4, 0.5) is 0 Å². The van der Waals surface area contributed by atoms with Gasteiger partial charge in [0.2, 0.25) is 0 Å². The molecular formula is C18H15NO3. The minimum absolute atomic E-state index is 0.351. The Morgan fingerprint density at radius 1 is 1.23 bits per heavy atom. The minimum atomic E-state index is -0.351. The summed E-state index contributed by atoms with van der Waals surface area (Å²) < 4.78 is 10.3. The second kappa shape index (κ2) is 6.26. The molecule has 0 fully saturated rings. The third kappa shape index (κ3) is 2.91. The molecule has 0 radical (unpaired) electrons. The summed E-state index contributed by atoms with van der Waals surface area (Å²) in [5.41, 5.74) is 2.64. The summed E-state index contributed by atoms with van der Waals surface area (Å²) in [5.74, 6) is 0.373. The van der Waals surface area contributed by atoms with Gasteiger partial charge in [0.1, 0.15) is 5.52 Å². The lowest BCUT2D eigenvalue weighted by Crippen LogP contribution is -1.98. The quantitative estimate of drug-likeness (QED) is 0.537. The van der Waals surface area contributed by atoms with E-state index in [1.807, 2.05) is 48.5 Å². The molecule has 0 saturated carbocycles. The van der Waals surface area contributed by atoms with Crippen LogP contribution >= 0.6 is 0 Å². The van der Waals surface area contributed by atoms with Crippen LogP contribution < -0.4 is 0 Å². The maximum atomic E-state index is 11.4. The molecule has 2 aromatic carbocycles. The highest BCUT2D eigenvalue weighted by atomic mass is 16.5. The van der Waals surface area contributed by atoms with Crippen LogP contribution in [-0.4, -0.2) is 17.7 Å². The fourth-order valence-corrected chi connectivity index (χ4v) is 2.22. The maximum absolute atomic E-state index is 11.4. The van der Waals surface area contributed by atoms with E-state index in [0.717, 1.165) is 27.8 Å². The number of fused-ring (bicyclic) bond motifs is 1. The normalized spacial score (nSPS) is 11.1. The Kier molecular flexibility index (Phi) is 4.01. The Labute approximate surface area is 128 Å². The zero-order valence-electron chi connectivity index (χ0n) is 12.2. The molecule has 110 valence electrons. The van der Waals surface area contributed by atoms with Crippen LogP contribution in [0.5, 0.6) is 0 Å². The van der Waals surface area contributed by atoms with E-state index in [2.05, 4.69) is 5.16 Å². The van der Waals surface area contributed by atoms with E-state index in [-0.39, 0.29) is 5.97 Å². The molecule has 0 aliphatic rings. The summed E-state index contributed by atoms with van der Waals surface area (Å²) in [6, 6.07) is 15.5. The van der Waals surface area contributed by atoms with Gasteiger partial charge in [0.15, 0.2) is 5.76 Å². The molecule has 0 unspecified atom stereocenters. The van der Waals surface area contributed by atoms with E-state index in [4.69, 9.17) is 9.26 Å². The number of ether oxygens (including phenoxy) is 1. The molecule has 3 rings (SSSR count). The van der Waals surface area contributed by atoms with Crippen LogP contribution in [0.25, 0.3) is 28.3 Å². The van der Waals surface area contributed by atoms with Gasteiger partial charge in [-0.1, -0.05) is 41.6 Å². The van der Waals surface area contributed by atoms with E-state index >= 15 is 0 Å². The molecule has 0 amide bonds. The predicted molar refractivity (Wildman–Crippen MR) is 85.1 cm³/mol. The third-order valence-corrected chi connectivity index (χ3v) is 3.23. The number of hydrogen-bond acceptors (Lipinski definition) is 4.